The van der Waals surface area contributed by atoms with Crippen molar-refractivity contribution in [2.75, 3.05) is 17.6 Å². The zero-order valence-electron chi connectivity index (χ0n) is 12.1. The molecule has 1 atom stereocenters. The number of anilines is 1. The van der Waals surface area contributed by atoms with Crippen molar-refractivity contribution in [3.05, 3.63) is 18.7 Å². The SMILES string of the molecule is CCNc1nc(SCC(C)CC)nc(-n2ccnc2)n1. The van der Waals surface area contributed by atoms with E-state index in [1.54, 1.807) is 28.9 Å². The molecule has 0 fully saturated rings. The Kier molecular flexibility index (Phi) is 5.34. The van der Waals surface area contributed by atoms with Gasteiger partial charge in [0.05, 0.1) is 0 Å². The zero-order chi connectivity index (χ0) is 14.4. The maximum Gasteiger partial charge on any atom is 0.240 e. The smallest absolute Gasteiger partial charge is 0.240 e. The lowest BCUT2D eigenvalue weighted by Gasteiger charge is -2.09. The minimum atomic E-state index is 0.597. The molecular formula is C13H20N6S. The van der Waals surface area contributed by atoms with E-state index in [0.29, 0.717) is 17.8 Å². The molecule has 2 heterocycles. The number of thioether (sulfide) groups is 1. The topological polar surface area (TPSA) is 68.5 Å². The Labute approximate surface area is 123 Å². The van der Waals surface area contributed by atoms with E-state index in [-0.39, 0.29) is 0 Å². The van der Waals surface area contributed by atoms with E-state index in [1.807, 2.05) is 13.1 Å². The van der Waals surface area contributed by atoms with Gasteiger partial charge in [0.25, 0.3) is 0 Å². The lowest BCUT2D eigenvalue weighted by molar-refractivity contribution is 0.635. The lowest BCUT2D eigenvalue weighted by atomic mass is 10.2. The van der Waals surface area contributed by atoms with Gasteiger partial charge in [-0.15, -0.1) is 0 Å². The van der Waals surface area contributed by atoms with Gasteiger partial charge < -0.3 is 5.32 Å². The summed E-state index contributed by atoms with van der Waals surface area (Å²) in [6.07, 6.45) is 6.39. The normalized spacial score (nSPS) is 12.3. The molecule has 7 heteroatoms. The molecule has 0 aliphatic rings. The fourth-order valence-corrected chi connectivity index (χ4v) is 2.44. The van der Waals surface area contributed by atoms with Gasteiger partial charge in [0.1, 0.15) is 6.33 Å². The van der Waals surface area contributed by atoms with Crippen molar-refractivity contribution in [1.82, 2.24) is 24.5 Å². The molecule has 0 spiro atoms. The molecule has 0 saturated heterocycles. The molecule has 1 unspecified atom stereocenters. The van der Waals surface area contributed by atoms with Crippen molar-refractivity contribution in [2.24, 2.45) is 5.92 Å². The van der Waals surface area contributed by atoms with Crippen molar-refractivity contribution >= 4 is 17.7 Å². The highest BCUT2D eigenvalue weighted by molar-refractivity contribution is 7.99. The summed E-state index contributed by atoms with van der Waals surface area (Å²) in [4.78, 5) is 17.3. The highest BCUT2D eigenvalue weighted by Crippen LogP contribution is 2.20. The summed E-state index contributed by atoms with van der Waals surface area (Å²) >= 11 is 1.67. The van der Waals surface area contributed by atoms with Gasteiger partial charge in [0, 0.05) is 24.7 Å². The minimum Gasteiger partial charge on any atom is -0.354 e. The van der Waals surface area contributed by atoms with Gasteiger partial charge in [-0.2, -0.15) is 15.0 Å². The van der Waals surface area contributed by atoms with Gasteiger partial charge in [0.2, 0.25) is 11.9 Å². The molecule has 2 aromatic heterocycles. The predicted octanol–water partition coefficient (Wildman–Crippen LogP) is 2.63. The second kappa shape index (κ2) is 7.23. The van der Waals surface area contributed by atoms with Crippen molar-refractivity contribution in [3.8, 4) is 5.95 Å². The number of rotatable bonds is 7. The number of imidazole rings is 1. The monoisotopic (exact) mass is 292 g/mol. The summed E-state index contributed by atoms with van der Waals surface area (Å²) in [5.41, 5.74) is 0. The first-order valence-electron chi connectivity index (χ1n) is 6.84. The summed E-state index contributed by atoms with van der Waals surface area (Å²) < 4.78 is 1.79. The molecule has 0 aromatic carbocycles. The molecule has 2 aromatic rings. The van der Waals surface area contributed by atoms with Crippen LogP contribution >= 0.6 is 11.8 Å². The van der Waals surface area contributed by atoms with Crippen molar-refractivity contribution in [3.63, 3.8) is 0 Å². The summed E-state index contributed by atoms with van der Waals surface area (Å²) in [6.45, 7) is 7.23. The number of hydrogen-bond donors (Lipinski definition) is 1. The maximum absolute atomic E-state index is 4.49. The molecule has 0 bridgehead atoms. The van der Waals surface area contributed by atoms with Crippen LogP contribution < -0.4 is 5.32 Å². The van der Waals surface area contributed by atoms with Gasteiger partial charge in [0.15, 0.2) is 5.16 Å². The Balaban J connectivity index is 2.22. The highest BCUT2D eigenvalue weighted by Gasteiger charge is 2.09. The number of hydrogen-bond acceptors (Lipinski definition) is 6. The second-order valence-electron chi connectivity index (χ2n) is 4.57. The minimum absolute atomic E-state index is 0.597. The van der Waals surface area contributed by atoms with Crippen molar-refractivity contribution in [1.29, 1.82) is 0 Å². The Morgan fingerprint density at radius 2 is 2.15 bits per heavy atom. The summed E-state index contributed by atoms with van der Waals surface area (Å²) in [5.74, 6) is 2.86. The van der Waals surface area contributed by atoms with E-state index in [9.17, 15) is 0 Å². The third-order valence-electron chi connectivity index (χ3n) is 2.87. The van der Waals surface area contributed by atoms with E-state index in [0.717, 1.165) is 23.9 Å². The van der Waals surface area contributed by atoms with Crippen LogP contribution in [0.5, 0.6) is 0 Å². The van der Waals surface area contributed by atoms with Gasteiger partial charge in [-0.3, -0.25) is 4.57 Å². The summed E-state index contributed by atoms with van der Waals surface area (Å²) in [6, 6.07) is 0. The first kappa shape index (κ1) is 14.8. The molecule has 0 saturated carbocycles. The average molecular weight is 292 g/mol. The van der Waals surface area contributed by atoms with Crippen LogP contribution in [0.2, 0.25) is 0 Å². The third-order valence-corrected chi connectivity index (χ3v) is 4.04. The van der Waals surface area contributed by atoms with E-state index < -0.39 is 0 Å². The molecule has 0 radical (unpaired) electrons. The van der Waals surface area contributed by atoms with Gasteiger partial charge in [-0.1, -0.05) is 32.0 Å². The van der Waals surface area contributed by atoms with E-state index in [2.05, 4.69) is 39.1 Å². The maximum atomic E-state index is 4.49. The first-order valence-corrected chi connectivity index (χ1v) is 7.82. The first-order chi connectivity index (χ1) is 9.72. The van der Waals surface area contributed by atoms with Crippen LogP contribution in [-0.2, 0) is 0 Å². The fraction of sp³-hybridized carbons (Fsp3) is 0.538. The van der Waals surface area contributed by atoms with Crippen LogP contribution in [0.15, 0.2) is 23.9 Å². The predicted molar refractivity (Wildman–Crippen MR) is 81.3 cm³/mol. The van der Waals surface area contributed by atoms with E-state index >= 15 is 0 Å². The Morgan fingerprint density at radius 3 is 2.80 bits per heavy atom. The molecule has 0 amide bonds. The van der Waals surface area contributed by atoms with Crippen LogP contribution in [0.4, 0.5) is 5.95 Å². The molecule has 6 nitrogen and oxygen atoms in total. The quantitative estimate of drug-likeness (QED) is 0.791. The van der Waals surface area contributed by atoms with E-state index in [1.165, 1.54) is 0 Å². The summed E-state index contributed by atoms with van der Waals surface area (Å²) in [7, 11) is 0. The zero-order valence-corrected chi connectivity index (χ0v) is 12.9. The Bertz CT molecular complexity index is 528. The van der Waals surface area contributed by atoms with Crippen LogP contribution in [0.1, 0.15) is 27.2 Å². The molecule has 1 N–H and O–H groups in total. The molecule has 0 aliphatic carbocycles. The van der Waals surface area contributed by atoms with Crippen LogP contribution in [0, 0.1) is 5.92 Å². The third kappa shape index (κ3) is 3.93. The average Bonchev–Trinajstić information content (AvgIpc) is 2.99. The Hall–Kier alpha value is -1.63. The van der Waals surface area contributed by atoms with Crippen molar-refractivity contribution < 1.29 is 0 Å². The Morgan fingerprint density at radius 1 is 1.30 bits per heavy atom. The lowest BCUT2D eigenvalue weighted by Crippen LogP contribution is -2.09. The standard InChI is InChI=1S/C13H20N6S/c1-4-10(3)8-20-13-17-11(15-5-2)16-12(18-13)19-7-6-14-9-19/h6-7,9-10H,4-5,8H2,1-3H3,(H,15,16,17,18). The van der Waals surface area contributed by atoms with Crippen LogP contribution in [-0.4, -0.2) is 36.8 Å². The van der Waals surface area contributed by atoms with Crippen LogP contribution in [0.25, 0.3) is 5.95 Å². The van der Waals surface area contributed by atoms with Gasteiger partial charge in [-0.25, -0.2) is 4.98 Å². The molecule has 2 rings (SSSR count). The van der Waals surface area contributed by atoms with Crippen molar-refractivity contribution in [2.45, 2.75) is 32.3 Å². The second-order valence-corrected chi connectivity index (χ2v) is 5.55. The number of nitrogens with one attached hydrogen (secondary N) is 1. The largest absolute Gasteiger partial charge is 0.354 e. The molecular weight excluding hydrogens is 272 g/mol. The highest BCUT2D eigenvalue weighted by atomic mass is 32.2. The van der Waals surface area contributed by atoms with Gasteiger partial charge in [-0.05, 0) is 12.8 Å². The number of aromatic nitrogens is 5. The molecule has 0 aliphatic heterocycles. The van der Waals surface area contributed by atoms with E-state index in [4.69, 9.17) is 0 Å². The molecule has 20 heavy (non-hydrogen) atoms. The molecule has 108 valence electrons. The number of nitrogens with zero attached hydrogens (tertiary/aromatic N) is 5. The summed E-state index contributed by atoms with van der Waals surface area (Å²) in [5, 5.41) is 3.89. The fourth-order valence-electron chi connectivity index (χ4n) is 1.48. The van der Waals surface area contributed by atoms with Gasteiger partial charge >= 0.3 is 0 Å². The van der Waals surface area contributed by atoms with Crippen LogP contribution in [0.3, 0.4) is 0 Å².